The minimum absolute atomic E-state index is 0.124. The van der Waals surface area contributed by atoms with Crippen molar-refractivity contribution in [2.45, 2.75) is 26.3 Å². The van der Waals surface area contributed by atoms with Gasteiger partial charge in [0.1, 0.15) is 11.5 Å². The largest absolute Gasteiger partial charge is 0.507 e. The van der Waals surface area contributed by atoms with Gasteiger partial charge in [0.2, 0.25) is 0 Å². The highest BCUT2D eigenvalue weighted by Gasteiger charge is 2.48. The van der Waals surface area contributed by atoms with Crippen molar-refractivity contribution >= 4 is 49.8 Å². The lowest BCUT2D eigenvalue weighted by Crippen LogP contribution is -2.29. The van der Waals surface area contributed by atoms with Crippen molar-refractivity contribution < 1.29 is 24.4 Å². The summed E-state index contributed by atoms with van der Waals surface area (Å²) in [5, 5.41) is 22.8. The number of rotatable bonds is 7. The molecular formula is C28H23N3O6S. The van der Waals surface area contributed by atoms with Crippen LogP contribution in [0.5, 0.6) is 5.75 Å². The lowest BCUT2D eigenvalue weighted by molar-refractivity contribution is -0.384. The molecule has 192 valence electrons. The summed E-state index contributed by atoms with van der Waals surface area (Å²) in [4.78, 5) is 43.4. The average molecular weight is 530 g/mol. The SMILES string of the molecule is CCOc1ccc(C(O)=C2C(=O)C(=O)N(c3nc4ccc(CC)cc4s3)[C@@H]2c2ccc([N+](=O)[O-])cc2)cc1. The molecule has 3 aromatic carbocycles. The zero-order valence-electron chi connectivity index (χ0n) is 20.6. The van der Waals surface area contributed by atoms with Crippen LogP contribution in [0.25, 0.3) is 16.0 Å². The van der Waals surface area contributed by atoms with E-state index in [0.29, 0.717) is 34.1 Å². The minimum Gasteiger partial charge on any atom is -0.507 e. The monoisotopic (exact) mass is 529 g/mol. The zero-order valence-corrected chi connectivity index (χ0v) is 21.4. The molecule has 10 heteroatoms. The van der Waals surface area contributed by atoms with Gasteiger partial charge < -0.3 is 9.84 Å². The molecule has 0 saturated carbocycles. The molecule has 1 atom stereocenters. The van der Waals surface area contributed by atoms with Gasteiger partial charge >= 0.3 is 5.91 Å². The molecule has 5 rings (SSSR count). The number of ether oxygens (including phenoxy) is 1. The fourth-order valence-corrected chi connectivity index (χ4v) is 5.49. The van der Waals surface area contributed by atoms with Crippen molar-refractivity contribution in [2.75, 3.05) is 11.5 Å². The molecule has 0 radical (unpaired) electrons. The van der Waals surface area contributed by atoms with Gasteiger partial charge in [-0.15, -0.1) is 0 Å². The van der Waals surface area contributed by atoms with Crippen molar-refractivity contribution in [2.24, 2.45) is 0 Å². The molecule has 0 spiro atoms. The number of aliphatic hydroxyl groups is 1. The lowest BCUT2D eigenvalue weighted by Gasteiger charge is -2.22. The Hall–Kier alpha value is -4.57. The highest BCUT2D eigenvalue weighted by atomic mass is 32.1. The van der Waals surface area contributed by atoms with Gasteiger partial charge in [-0.05, 0) is 73.0 Å². The molecule has 0 aliphatic carbocycles. The van der Waals surface area contributed by atoms with Crippen molar-refractivity contribution in [1.29, 1.82) is 0 Å². The van der Waals surface area contributed by atoms with Crippen LogP contribution in [0.2, 0.25) is 0 Å². The maximum absolute atomic E-state index is 13.4. The fraction of sp³-hybridized carbons (Fsp3) is 0.179. The highest BCUT2D eigenvalue weighted by Crippen LogP contribution is 2.44. The van der Waals surface area contributed by atoms with Crippen LogP contribution in [-0.4, -0.2) is 33.3 Å². The van der Waals surface area contributed by atoms with Gasteiger partial charge in [-0.3, -0.25) is 24.6 Å². The predicted molar refractivity (Wildman–Crippen MR) is 144 cm³/mol. The smallest absolute Gasteiger partial charge is 0.301 e. The van der Waals surface area contributed by atoms with Crippen LogP contribution in [0.4, 0.5) is 10.8 Å². The van der Waals surface area contributed by atoms with E-state index in [4.69, 9.17) is 4.74 Å². The molecule has 0 bridgehead atoms. The third-order valence-electron chi connectivity index (χ3n) is 6.36. The number of nitro groups is 1. The van der Waals surface area contributed by atoms with E-state index >= 15 is 0 Å². The average Bonchev–Trinajstić information content (AvgIpc) is 3.46. The Morgan fingerprint density at radius 3 is 2.42 bits per heavy atom. The Morgan fingerprint density at radius 1 is 1.08 bits per heavy atom. The molecule has 1 saturated heterocycles. The van der Waals surface area contributed by atoms with Gasteiger partial charge in [0, 0.05) is 17.7 Å². The van der Waals surface area contributed by atoms with E-state index in [1.807, 2.05) is 32.0 Å². The molecule has 1 N–H and O–H groups in total. The van der Waals surface area contributed by atoms with Crippen LogP contribution in [0.1, 0.15) is 36.6 Å². The zero-order chi connectivity index (χ0) is 27.0. The van der Waals surface area contributed by atoms with E-state index < -0.39 is 22.7 Å². The highest BCUT2D eigenvalue weighted by molar-refractivity contribution is 7.22. The summed E-state index contributed by atoms with van der Waals surface area (Å²) in [6, 6.07) is 16.9. The Bertz CT molecular complexity index is 1590. The van der Waals surface area contributed by atoms with E-state index in [1.165, 1.54) is 40.5 Å². The third-order valence-corrected chi connectivity index (χ3v) is 7.38. The summed E-state index contributed by atoms with van der Waals surface area (Å²) in [5.74, 6) is -1.46. The molecule has 0 unspecified atom stereocenters. The Kier molecular flexibility index (Phi) is 6.64. The van der Waals surface area contributed by atoms with Crippen LogP contribution in [-0.2, 0) is 16.0 Å². The quantitative estimate of drug-likeness (QED) is 0.106. The molecule has 38 heavy (non-hydrogen) atoms. The van der Waals surface area contributed by atoms with Gasteiger partial charge in [0.25, 0.3) is 11.5 Å². The number of thiazole rings is 1. The molecule has 9 nitrogen and oxygen atoms in total. The number of nitro benzene ring substituents is 1. The number of benzene rings is 3. The summed E-state index contributed by atoms with van der Waals surface area (Å²) in [6.45, 7) is 4.36. The Morgan fingerprint density at radius 2 is 1.79 bits per heavy atom. The van der Waals surface area contributed by atoms with Crippen LogP contribution in [0, 0.1) is 10.1 Å². The molecular weight excluding hydrogens is 506 g/mol. The number of ketones is 1. The normalized spacial score (nSPS) is 16.8. The molecule has 1 aromatic heterocycles. The first-order chi connectivity index (χ1) is 18.3. The second-order valence-corrected chi connectivity index (χ2v) is 9.64. The summed E-state index contributed by atoms with van der Waals surface area (Å²) < 4.78 is 6.31. The minimum atomic E-state index is -1.03. The maximum atomic E-state index is 13.4. The number of fused-ring (bicyclic) bond motifs is 1. The molecule has 1 fully saturated rings. The Labute approximate surface area is 221 Å². The summed E-state index contributed by atoms with van der Waals surface area (Å²) in [5.41, 5.74) is 2.28. The molecule has 4 aromatic rings. The fourth-order valence-electron chi connectivity index (χ4n) is 4.43. The van der Waals surface area contributed by atoms with Crippen molar-refractivity contribution in [3.05, 3.63) is 99.1 Å². The standard InChI is InChI=1S/C28H23N3O6S/c1-3-16-5-14-21-22(15-16)38-28(29-21)30-24(17-6-10-19(11-7-17)31(35)36)23(26(33)27(30)34)25(32)18-8-12-20(13-9-18)37-4-2/h5-15,24,32H,3-4H2,1-2H3/t24-/m1/s1. The number of hydrogen-bond acceptors (Lipinski definition) is 8. The van der Waals surface area contributed by atoms with E-state index in [9.17, 15) is 24.8 Å². The number of carbonyl (C=O) groups excluding carboxylic acids is 2. The summed E-state index contributed by atoms with van der Waals surface area (Å²) in [7, 11) is 0. The van der Waals surface area contributed by atoms with Crippen LogP contribution in [0.15, 0.2) is 72.3 Å². The number of amides is 1. The molecule has 1 aliphatic rings. The first-order valence-electron chi connectivity index (χ1n) is 12.0. The van der Waals surface area contributed by atoms with Gasteiger partial charge in [0.15, 0.2) is 5.13 Å². The molecule has 1 aliphatic heterocycles. The van der Waals surface area contributed by atoms with Crippen molar-refractivity contribution in [1.82, 2.24) is 4.98 Å². The second kappa shape index (κ2) is 10.1. The van der Waals surface area contributed by atoms with E-state index in [2.05, 4.69) is 4.98 Å². The van der Waals surface area contributed by atoms with Crippen LogP contribution >= 0.6 is 11.3 Å². The molecule has 1 amide bonds. The molecule has 2 heterocycles. The van der Waals surface area contributed by atoms with Gasteiger partial charge in [-0.25, -0.2) is 4.98 Å². The predicted octanol–water partition coefficient (Wildman–Crippen LogP) is 5.79. The van der Waals surface area contributed by atoms with Crippen LogP contribution < -0.4 is 9.64 Å². The lowest BCUT2D eigenvalue weighted by atomic mass is 9.95. The number of non-ortho nitro benzene ring substituents is 1. The summed E-state index contributed by atoms with van der Waals surface area (Å²) in [6.07, 6.45) is 0.832. The number of carbonyl (C=O) groups is 2. The van der Waals surface area contributed by atoms with Gasteiger partial charge in [-0.1, -0.05) is 24.3 Å². The number of hydrogen-bond donors (Lipinski definition) is 1. The topological polar surface area (TPSA) is 123 Å². The number of aromatic nitrogens is 1. The number of anilines is 1. The first kappa shape index (κ1) is 25.1. The van der Waals surface area contributed by atoms with Crippen molar-refractivity contribution in [3.63, 3.8) is 0 Å². The van der Waals surface area contributed by atoms with E-state index in [0.717, 1.165) is 16.7 Å². The van der Waals surface area contributed by atoms with Gasteiger partial charge in [-0.2, -0.15) is 0 Å². The number of Topliss-reactive ketones (excluding diaryl/α,β-unsaturated/α-hetero) is 1. The Balaban J connectivity index is 1.67. The van der Waals surface area contributed by atoms with Gasteiger partial charge in [0.05, 0.1) is 33.4 Å². The van der Waals surface area contributed by atoms with Crippen molar-refractivity contribution in [3.8, 4) is 5.75 Å². The van der Waals surface area contributed by atoms with Crippen LogP contribution in [0.3, 0.4) is 0 Å². The van der Waals surface area contributed by atoms with E-state index in [1.54, 1.807) is 24.3 Å². The first-order valence-corrected chi connectivity index (χ1v) is 12.8. The number of nitrogens with zero attached hydrogens (tertiary/aromatic N) is 3. The summed E-state index contributed by atoms with van der Waals surface area (Å²) >= 11 is 1.27. The second-order valence-electron chi connectivity index (χ2n) is 8.63. The third kappa shape index (κ3) is 4.39. The number of aliphatic hydroxyl groups excluding tert-OH is 1. The maximum Gasteiger partial charge on any atom is 0.301 e. The number of aryl methyl sites for hydroxylation is 1. The van der Waals surface area contributed by atoms with E-state index in [-0.39, 0.29) is 17.0 Å².